The average Bonchev–Trinajstić information content (AvgIpc) is 2.89. The molecule has 6 heteroatoms. The Morgan fingerprint density at radius 3 is 2.85 bits per heavy atom. The molecule has 1 aliphatic heterocycles. The van der Waals surface area contributed by atoms with E-state index in [1.165, 1.54) is 12.1 Å². The monoisotopic (exact) mass is 295 g/mol. The molecule has 2 N–H and O–H groups in total. The van der Waals surface area contributed by atoms with E-state index in [1.54, 1.807) is 12.1 Å². The summed E-state index contributed by atoms with van der Waals surface area (Å²) in [7, 11) is 0. The fourth-order valence-corrected chi connectivity index (χ4v) is 2.13. The normalized spacial score (nSPS) is 18.4. The van der Waals surface area contributed by atoms with Gasteiger partial charge in [-0.25, -0.2) is 4.79 Å². The molecular weight excluding hydrogens is 282 g/mol. The van der Waals surface area contributed by atoms with Gasteiger partial charge in [0.05, 0.1) is 12.6 Å². The summed E-state index contributed by atoms with van der Waals surface area (Å²) < 4.78 is 5.19. The van der Waals surface area contributed by atoms with Crippen molar-refractivity contribution in [2.24, 2.45) is 0 Å². The predicted molar refractivity (Wildman–Crippen MR) is 74.8 cm³/mol. The maximum absolute atomic E-state index is 12.0. The lowest BCUT2D eigenvalue weighted by atomic mass is 10.1. The van der Waals surface area contributed by atoms with Gasteiger partial charge in [-0.3, -0.25) is 4.79 Å². The minimum absolute atomic E-state index is 0.0351. The first-order valence-electron chi connectivity index (χ1n) is 6.15. The quantitative estimate of drug-likeness (QED) is 0.833. The van der Waals surface area contributed by atoms with Crippen molar-refractivity contribution < 1.29 is 19.4 Å². The Bertz CT molecular complexity index is 550. The molecular formula is C14H14ClNO4. The van der Waals surface area contributed by atoms with E-state index in [-0.39, 0.29) is 11.9 Å². The van der Waals surface area contributed by atoms with Gasteiger partial charge < -0.3 is 15.2 Å². The van der Waals surface area contributed by atoms with Gasteiger partial charge in [-0.05, 0) is 30.2 Å². The third kappa shape index (κ3) is 3.82. The molecule has 1 heterocycles. The van der Waals surface area contributed by atoms with Crippen LogP contribution in [-0.4, -0.2) is 36.2 Å². The van der Waals surface area contributed by atoms with Crippen LogP contribution in [0, 0.1) is 0 Å². The van der Waals surface area contributed by atoms with Crippen molar-refractivity contribution in [3.05, 3.63) is 40.4 Å². The molecule has 1 atom stereocenters. The van der Waals surface area contributed by atoms with Crippen molar-refractivity contribution in [2.45, 2.75) is 12.5 Å². The van der Waals surface area contributed by atoms with Gasteiger partial charge in [0.15, 0.2) is 0 Å². The molecule has 1 aromatic rings. The molecule has 0 bridgehead atoms. The molecule has 1 amide bonds. The van der Waals surface area contributed by atoms with Crippen molar-refractivity contribution >= 4 is 29.6 Å². The van der Waals surface area contributed by atoms with E-state index < -0.39 is 5.97 Å². The highest BCUT2D eigenvalue weighted by Gasteiger charge is 2.18. The van der Waals surface area contributed by atoms with Crippen LogP contribution in [0.25, 0.3) is 6.08 Å². The lowest BCUT2D eigenvalue weighted by molar-refractivity contribution is -0.131. The molecule has 0 aromatic heterocycles. The molecule has 0 radical (unpaired) electrons. The van der Waals surface area contributed by atoms with Gasteiger partial charge in [-0.1, -0.05) is 17.7 Å². The number of rotatable bonds is 4. The molecule has 20 heavy (non-hydrogen) atoms. The van der Waals surface area contributed by atoms with E-state index in [0.717, 1.165) is 12.5 Å². The van der Waals surface area contributed by atoms with E-state index in [0.29, 0.717) is 29.4 Å². The zero-order valence-electron chi connectivity index (χ0n) is 10.6. The number of amides is 1. The highest BCUT2D eigenvalue weighted by atomic mass is 35.5. The Labute approximate surface area is 121 Å². The number of nitrogens with one attached hydrogen (secondary N) is 1. The lowest BCUT2D eigenvalue weighted by Crippen LogP contribution is -2.34. The Morgan fingerprint density at radius 1 is 1.45 bits per heavy atom. The average molecular weight is 296 g/mol. The molecule has 5 nitrogen and oxygen atoms in total. The summed E-state index contributed by atoms with van der Waals surface area (Å²) in [6.07, 6.45) is 3.19. The summed E-state index contributed by atoms with van der Waals surface area (Å²) in [6, 6.07) is 4.78. The smallest absolute Gasteiger partial charge is 0.328 e. The van der Waals surface area contributed by atoms with Crippen LogP contribution in [0.5, 0.6) is 0 Å². The number of hydrogen-bond donors (Lipinski definition) is 2. The molecule has 1 aromatic carbocycles. The highest BCUT2D eigenvalue weighted by Crippen LogP contribution is 2.19. The van der Waals surface area contributed by atoms with Crippen molar-refractivity contribution in [3.63, 3.8) is 0 Å². The Morgan fingerprint density at radius 2 is 2.25 bits per heavy atom. The topological polar surface area (TPSA) is 75.6 Å². The number of hydrogen-bond acceptors (Lipinski definition) is 3. The summed E-state index contributed by atoms with van der Waals surface area (Å²) in [5.41, 5.74) is 0.990. The molecule has 0 spiro atoms. The third-order valence-corrected chi connectivity index (χ3v) is 3.26. The zero-order chi connectivity index (χ0) is 14.5. The molecule has 1 unspecified atom stereocenters. The number of carbonyl (C=O) groups excluding carboxylic acids is 1. The second kappa shape index (κ2) is 6.54. The first-order valence-corrected chi connectivity index (χ1v) is 6.53. The second-order valence-electron chi connectivity index (χ2n) is 4.44. The van der Waals surface area contributed by atoms with Crippen LogP contribution >= 0.6 is 11.6 Å². The molecule has 1 fully saturated rings. The maximum atomic E-state index is 12.0. The van der Waals surface area contributed by atoms with E-state index in [2.05, 4.69) is 5.32 Å². The largest absolute Gasteiger partial charge is 0.478 e. The first-order chi connectivity index (χ1) is 9.56. The maximum Gasteiger partial charge on any atom is 0.328 e. The SMILES string of the molecule is O=C(O)/C=C/c1ccc(C(=O)NC2CCOC2)cc1Cl. The molecule has 106 valence electrons. The van der Waals surface area contributed by atoms with Gasteiger partial charge in [0, 0.05) is 23.3 Å². The molecule has 2 rings (SSSR count). The number of carbonyl (C=O) groups is 2. The van der Waals surface area contributed by atoms with E-state index >= 15 is 0 Å². The van der Waals surface area contributed by atoms with Crippen LogP contribution in [-0.2, 0) is 9.53 Å². The standard InChI is InChI=1S/C14H14ClNO4/c15-12-7-10(2-1-9(12)3-4-13(17)18)14(19)16-11-5-6-20-8-11/h1-4,7,11H,5-6,8H2,(H,16,19)(H,17,18)/b4-3+. The Balaban J connectivity index is 2.07. The fraction of sp³-hybridized carbons (Fsp3) is 0.286. The van der Waals surface area contributed by atoms with Crippen LogP contribution in [0.2, 0.25) is 5.02 Å². The minimum atomic E-state index is -1.05. The molecule has 0 aliphatic carbocycles. The van der Waals surface area contributed by atoms with Gasteiger partial charge in [0.2, 0.25) is 0 Å². The van der Waals surface area contributed by atoms with E-state index in [9.17, 15) is 9.59 Å². The summed E-state index contributed by atoms with van der Waals surface area (Å²) in [5.74, 6) is -1.26. The number of aliphatic carboxylic acids is 1. The lowest BCUT2D eigenvalue weighted by Gasteiger charge is -2.11. The first kappa shape index (κ1) is 14.6. The van der Waals surface area contributed by atoms with E-state index in [4.69, 9.17) is 21.4 Å². The minimum Gasteiger partial charge on any atom is -0.478 e. The zero-order valence-corrected chi connectivity index (χ0v) is 11.4. The summed E-state index contributed by atoms with van der Waals surface area (Å²) in [6.45, 7) is 1.18. The number of halogens is 1. The van der Waals surface area contributed by atoms with Crippen molar-refractivity contribution in [1.29, 1.82) is 0 Å². The fourth-order valence-electron chi connectivity index (χ4n) is 1.88. The van der Waals surface area contributed by atoms with Crippen LogP contribution in [0.15, 0.2) is 24.3 Å². The van der Waals surface area contributed by atoms with Crippen molar-refractivity contribution in [3.8, 4) is 0 Å². The van der Waals surface area contributed by atoms with Crippen molar-refractivity contribution in [1.82, 2.24) is 5.32 Å². The summed E-state index contributed by atoms with van der Waals surface area (Å²) >= 11 is 6.02. The van der Waals surface area contributed by atoms with Gasteiger partial charge in [0.1, 0.15) is 0 Å². The number of carboxylic acid groups (broad SMARTS) is 1. The Kier molecular flexibility index (Phi) is 4.76. The van der Waals surface area contributed by atoms with Crippen LogP contribution in [0.4, 0.5) is 0 Å². The van der Waals surface area contributed by atoms with Gasteiger partial charge in [-0.15, -0.1) is 0 Å². The number of ether oxygens (including phenoxy) is 1. The second-order valence-corrected chi connectivity index (χ2v) is 4.85. The van der Waals surface area contributed by atoms with Gasteiger partial charge in [-0.2, -0.15) is 0 Å². The highest BCUT2D eigenvalue weighted by molar-refractivity contribution is 6.32. The van der Waals surface area contributed by atoms with Crippen LogP contribution in [0.1, 0.15) is 22.3 Å². The molecule has 1 aliphatic rings. The Hall–Kier alpha value is -1.85. The van der Waals surface area contributed by atoms with Crippen LogP contribution in [0.3, 0.4) is 0 Å². The van der Waals surface area contributed by atoms with Gasteiger partial charge in [0.25, 0.3) is 5.91 Å². The van der Waals surface area contributed by atoms with Crippen molar-refractivity contribution in [2.75, 3.05) is 13.2 Å². The van der Waals surface area contributed by atoms with E-state index in [1.807, 2.05) is 0 Å². The van der Waals surface area contributed by atoms with Gasteiger partial charge >= 0.3 is 5.97 Å². The number of carboxylic acids is 1. The van der Waals surface area contributed by atoms with Crippen LogP contribution < -0.4 is 5.32 Å². The summed E-state index contributed by atoms with van der Waals surface area (Å²) in [5, 5.41) is 11.8. The number of benzene rings is 1. The predicted octanol–water partition coefficient (Wildman–Crippen LogP) is 1.96. The molecule has 0 saturated carbocycles. The third-order valence-electron chi connectivity index (χ3n) is 2.93. The molecule has 1 saturated heterocycles. The summed E-state index contributed by atoms with van der Waals surface area (Å²) in [4.78, 5) is 22.4.